The summed E-state index contributed by atoms with van der Waals surface area (Å²) >= 11 is 0. The fourth-order valence-corrected chi connectivity index (χ4v) is 10.0. The number of hydrogen-bond acceptors (Lipinski definition) is 6. The van der Waals surface area contributed by atoms with Gasteiger partial charge in [-0.05, 0) is 85.7 Å². The maximum atomic E-state index is 12.9. The number of esters is 1. The van der Waals surface area contributed by atoms with E-state index >= 15 is 0 Å². The molecule has 252 valence electrons. The number of aliphatic carboxylic acids is 2. The molecule has 8 nitrogen and oxygen atoms in total. The van der Waals surface area contributed by atoms with E-state index in [0.717, 1.165) is 18.4 Å². The van der Waals surface area contributed by atoms with Gasteiger partial charge < -0.3 is 25.2 Å². The third kappa shape index (κ3) is 6.06. The van der Waals surface area contributed by atoms with Crippen LogP contribution in [-0.2, 0) is 19.1 Å². The predicted octanol–water partition coefficient (Wildman–Crippen LogP) is 6.70. The molecular formula is C37H56O8. The smallest absolute Gasteiger partial charge is 0.309 e. The van der Waals surface area contributed by atoms with Gasteiger partial charge in [0.05, 0.1) is 30.5 Å². The molecule has 0 spiro atoms. The van der Waals surface area contributed by atoms with Gasteiger partial charge >= 0.3 is 17.9 Å². The van der Waals surface area contributed by atoms with E-state index in [-0.39, 0.29) is 41.1 Å². The average Bonchev–Trinajstić information content (AvgIpc) is 3.09. The molecule has 2 saturated carbocycles. The summed E-state index contributed by atoms with van der Waals surface area (Å²) in [5.41, 5.74) is 0.479. The van der Waals surface area contributed by atoms with Crippen molar-refractivity contribution < 1.29 is 39.5 Å². The van der Waals surface area contributed by atoms with Gasteiger partial charge in [-0.15, -0.1) is 0 Å². The number of carbonyl (C=O) groups excluding carboxylic acids is 1. The van der Waals surface area contributed by atoms with Crippen molar-refractivity contribution in [2.75, 3.05) is 0 Å². The molecule has 4 rings (SSSR count). The maximum Gasteiger partial charge on any atom is 0.309 e. The molecule has 0 amide bonds. The maximum absolute atomic E-state index is 12.9. The zero-order valence-electron chi connectivity index (χ0n) is 28.6. The van der Waals surface area contributed by atoms with Gasteiger partial charge in [0.25, 0.3) is 0 Å². The van der Waals surface area contributed by atoms with Gasteiger partial charge in [-0.25, -0.2) is 0 Å². The Morgan fingerprint density at radius 3 is 2.29 bits per heavy atom. The lowest BCUT2D eigenvalue weighted by molar-refractivity contribution is -0.173. The van der Waals surface area contributed by atoms with Crippen LogP contribution < -0.4 is 0 Å². The quantitative estimate of drug-likeness (QED) is 0.146. The Morgan fingerprint density at radius 1 is 1.07 bits per heavy atom. The topological polar surface area (TPSA) is 141 Å². The first-order valence-corrected chi connectivity index (χ1v) is 16.7. The number of fused-ring (bicyclic) bond motifs is 5. The van der Waals surface area contributed by atoms with Crippen molar-refractivity contribution in [1.82, 2.24) is 0 Å². The Morgan fingerprint density at radius 2 is 1.71 bits per heavy atom. The molecule has 4 aliphatic rings. The summed E-state index contributed by atoms with van der Waals surface area (Å²) < 4.78 is 5.96. The molecule has 0 aliphatic heterocycles. The molecule has 0 aromatic rings. The van der Waals surface area contributed by atoms with E-state index in [0.29, 0.717) is 32.1 Å². The summed E-state index contributed by atoms with van der Waals surface area (Å²) in [4.78, 5) is 36.7. The molecule has 2 unspecified atom stereocenters. The van der Waals surface area contributed by atoms with E-state index in [1.165, 1.54) is 18.1 Å². The SMILES string of the molecule is C=C(CC[C@@H](C(=O)O)[C@H]1[C@H](O)C[C@@]2(C)C3=CCC4C(C)(C)[C@H](OC(=O)CC(C)(O)CC(=O)O)CC[C@]4(C)C3=CC[C@]12C)C(C)C. The van der Waals surface area contributed by atoms with Crippen LogP contribution in [0.4, 0.5) is 0 Å². The molecule has 0 aromatic carbocycles. The molecule has 4 aliphatic carbocycles. The molecule has 0 radical (unpaired) electrons. The monoisotopic (exact) mass is 628 g/mol. The van der Waals surface area contributed by atoms with Gasteiger partial charge in [-0.3, -0.25) is 14.4 Å². The highest BCUT2D eigenvalue weighted by atomic mass is 16.5. The number of hydrogen-bond donors (Lipinski definition) is 4. The number of aliphatic hydroxyl groups is 2. The first-order valence-electron chi connectivity index (χ1n) is 16.7. The van der Waals surface area contributed by atoms with Crippen LogP contribution in [0, 0.1) is 45.3 Å². The van der Waals surface area contributed by atoms with Crippen molar-refractivity contribution >= 4 is 17.9 Å². The number of ether oxygens (including phenoxy) is 1. The molecule has 8 heteroatoms. The van der Waals surface area contributed by atoms with E-state index < -0.39 is 52.8 Å². The van der Waals surface area contributed by atoms with Gasteiger partial charge in [-0.1, -0.05) is 72.8 Å². The molecule has 0 bridgehead atoms. The van der Waals surface area contributed by atoms with Gasteiger partial charge in [0, 0.05) is 16.7 Å². The number of aliphatic hydroxyl groups excluding tert-OH is 1. The highest BCUT2D eigenvalue weighted by Crippen LogP contribution is 2.72. The van der Waals surface area contributed by atoms with Crippen LogP contribution in [0.2, 0.25) is 0 Å². The Labute approximate surface area is 269 Å². The lowest BCUT2D eigenvalue weighted by Gasteiger charge is -2.61. The summed E-state index contributed by atoms with van der Waals surface area (Å²) in [6, 6.07) is 0. The summed E-state index contributed by atoms with van der Waals surface area (Å²) in [7, 11) is 0. The molecule has 9 atom stereocenters. The van der Waals surface area contributed by atoms with Gasteiger partial charge in [-0.2, -0.15) is 0 Å². The molecular weight excluding hydrogens is 572 g/mol. The second-order valence-corrected chi connectivity index (χ2v) is 16.6. The Hall–Kier alpha value is -2.45. The molecule has 4 N–H and O–H groups in total. The van der Waals surface area contributed by atoms with Gasteiger partial charge in [0.1, 0.15) is 6.10 Å². The highest BCUT2D eigenvalue weighted by molar-refractivity contribution is 5.74. The van der Waals surface area contributed by atoms with E-state index in [2.05, 4.69) is 67.2 Å². The van der Waals surface area contributed by atoms with Crippen LogP contribution in [0.15, 0.2) is 35.5 Å². The number of carboxylic acid groups (broad SMARTS) is 2. The zero-order valence-corrected chi connectivity index (χ0v) is 28.6. The van der Waals surface area contributed by atoms with Crippen molar-refractivity contribution in [2.24, 2.45) is 45.3 Å². The molecule has 2 fully saturated rings. The van der Waals surface area contributed by atoms with Crippen molar-refractivity contribution in [2.45, 2.75) is 131 Å². The summed E-state index contributed by atoms with van der Waals surface area (Å²) in [6.45, 7) is 20.6. The Bertz CT molecular complexity index is 1290. The lowest BCUT2D eigenvalue weighted by atomic mass is 9.44. The highest BCUT2D eigenvalue weighted by Gasteiger charge is 2.66. The number of carboxylic acids is 2. The minimum absolute atomic E-state index is 0.162. The van der Waals surface area contributed by atoms with Crippen LogP contribution in [0.5, 0.6) is 0 Å². The van der Waals surface area contributed by atoms with Crippen LogP contribution in [0.1, 0.15) is 113 Å². The summed E-state index contributed by atoms with van der Waals surface area (Å²) in [5.74, 6) is -3.21. The Kier molecular flexibility index (Phi) is 9.42. The van der Waals surface area contributed by atoms with Gasteiger partial charge in [0.15, 0.2) is 0 Å². The van der Waals surface area contributed by atoms with Crippen LogP contribution in [0.3, 0.4) is 0 Å². The predicted molar refractivity (Wildman–Crippen MR) is 172 cm³/mol. The van der Waals surface area contributed by atoms with Gasteiger partial charge in [0.2, 0.25) is 0 Å². The third-order valence-electron chi connectivity index (χ3n) is 12.9. The van der Waals surface area contributed by atoms with Crippen LogP contribution in [-0.4, -0.2) is 56.1 Å². The molecule has 0 aromatic heterocycles. The minimum atomic E-state index is -1.68. The minimum Gasteiger partial charge on any atom is -0.481 e. The normalized spacial score (nSPS) is 37.2. The van der Waals surface area contributed by atoms with Crippen LogP contribution in [0.25, 0.3) is 0 Å². The number of allylic oxidation sites excluding steroid dienone is 5. The summed E-state index contributed by atoms with van der Waals surface area (Å²) in [5, 5.41) is 41.6. The first kappa shape index (κ1) is 35.4. The number of carbonyl (C=O) groups is 3. The standard InChI is InChI=1S/C37H56O8/c1-21(2)22(3)10-11-23(32(42)43)31-26(38)18-37(9)25-12-13-27-33(4,5)28(45-30(41)20-34(6,44)19-29(39)40)15-16-35(27,7)24(25)14-17-36(31,37)8/h12,14,21,23,26-28,31,38,44H,3,10-11,13,15-20H2,1-2,4-9H3,(H,39,40)(H,42,43)/t23-,26-,27?,28-,31+,34?,35-,36-,37+/m1/s1. The first-order chi connectivity index (χ1) is 20.6. The van der Waals surface area contributed by atoms with Crippen molar-refractivity contribution in [1.29, 1.82) is 0 Å². The van der Waals surface area contributed by atoms with E-state index in [9.17, 15) is 29.7 Å². The Balaban J connectivity index is 1.60. The molecule has 0 heterocycles. The van der Waals surface area contributed by atoms with E-state index in [1.54, 1.807) is 0 Å². The largest absolute Gasteiger partial charge is 0.481 e. The van der Waals surface area contributed by atoms with Crippen molar-refractivity contribution in [3.05, 3.63) is 35.5 Å². The fourth-order valence-electron chi connectivity index (χ4n) is 10.0. The van der Waals surface area contributed by atoms with E-state index in [1.807, 2.05) is 0 Å². The van der Waals surface area contributed by atoms with Crippen molar-refractivity contribution in [3.63, 3.8) is 0 Å². The van der Waals surface area contributed by atoms with Crippen molar-refractivity contribution in [3.8, 4) is 0 Å². The molecule has 45 heavy (non-hydrogen) atoms. The second kappa shape index (κ2) is 12.0. The second-order valence-electron chi connectivity index (χ2n) is 16.6. The fraction of sp³-hybridized carbons (Fsp3) is 0.757. The van der Waals surface area contributed by atoms with Crippen LogP contribution >= 0.6 is 0 Å². The van der Waals surface area contributed by atoms with E-state index in [4.69, 9.17) is 9.84 Å². The zero-order chi connectivity index (χ0) is 33.9. The molecule has 0 saturated heterocycles. The summed E-state index contributed by atoms with van der Waals surface area (Å²) in [6.07, 6.45) is 7.12. The average molecular weight is 629 g/mol. The lowest BCUT2D eigenvalue weighted by Crippen LogP contribution is -2.55. The number of rotatable bonds is 11. The third-order valence-corrected chi connectivity index (χ3v) is 12.9.